The summed E-state index contributed by atoms with van der Waals surface area (Å²) in [7, 11) is 3.54. The number of ether oxygens (including phenoxy) is 1. The Morgan fingerprint density at radius 3 is 2.73 bits per heavy atom. The minimum absolute atomic E-state index is 0.353. The normalized spacial score (nSPS) is 13.1. The quantitative estimate of drug-likeness (QED) is 0.851. The van der Waals surface area contributed by atoms with Gasteiger partial charge in [0.25, 0.3) is 0 Å². The smallest absolute Gasteiger partial charge is 0.137 e. The van der Waals surface area contributed by atoms with Gasteiger partial charge in [0.15, 0.2) is 0 Å². The maximum atomic E-state index is 6.00. The number of hydrogen-bond acceptors (Lipinski definition) is 2. The number of halogens is 1. The molecule has 1 aromatic rings. The van der Waals surface area contributed by atoms with Crippen LogP contribution in [0, 0.1) is 0 Å². The monoisotopic (exact) mass is 225 g/mol. The molecule has 0 amide bonds. The molecule has 3 heteroatoms. The molecule has 0 fully saturated rings. The summed E-state index contributed by atoms with van der Waals surface area (Å²) in [6.45, 7) is 2.08. The fourth-order valence-electron chi connectivity index (χ4n) is 1.14. The van der Waals surface area contributed by atoms with Crippen LogP contribution < -0.4 is 10.1 Å². The molecule has 2 nitrogen and oxygen atoms in total. The third-order valence-electron chi connectivity index (χ3n) is 2.21. The van der Waals surface area contributed by atoms with Crippen LogP contribution >= 0.6 is 11.6 Å². The van der Waals surface area contributed by atoms with Crippen molar-refractivity contribution in [3.8, 4) is 5.75 Å². The Labute approximate surface area is 95.9 Å². The lowest BCUT2D eigenvalue weighted by Gasteiger charge is -2.04. The Hall–Kier alpha value is -0.990. The lowest BCUT2D eigenvalue weighted by molar-refractivity contribution is 0.415. The average Bonchev–Trinajstić information content (AvgIpc) is 2.26. The van der Waals surface area contributed by atoms with Crippen LogP contribution in [0.5, 0.6) is 5.75 Å². The van der Waals surface area contributed by atoms with Gasteiger partial charge in [-0.05, 0) is 31.7 Å². The molecule has 15 heavy (non-hydrogen) atoms. The molecule has 82 valence electrons. The summed E-state index contributed by atoms with van der Waals surface area (Å²) in [5.41, 5.74) is 1.07. The SMILES string of the molecule is CNC(C)/C=C/c1ccc(OC)c(Cl)c1. The molecule has 0 aliphatic heterocycles. The van der Waals surface area contributed by atoms with Crippen molar-refractivity contribution in [2.75, 3.05) is 14.2 Å². The van der Waals surface area contributed by atoms with Gasteiger partial charge in [0, 0.05) is 6.04 Å². The van der Waals surface area contributed by atoms with Gasteiger partial charge in [-0.15, -0.1) is 0 Å². The number of hydrogen-bond donors (Lipinski definition) is 1. The largest absolute Gasteiger partial charge is 0.495 e. The van der Waals surface area contributed by atoms with Crippen LogP contribution in [0.3, 0.4) is 0 Å². The van der Waals surface area contributed by atoms with E-state index in [0.29, 0.717) is 16.8 Å². The van der Waals surface area contributed by atoms with Crippen molar-refractivity contribution in [3.05, 3.63) is 34.9 Å². The highest BCUT2D eigenvalue weighted by atomic mass is 35.5. The van der Waals surface area contributed by atoms with E-state index >= 15 is 0 Å². The van der Waals surface area contributed by atoms with Crippen LogP contribution in [0.4, 0.5) is 0 Å². The predicted octanol–water partition coefficient (Wildman–Crippen LogP) is 2.97. The van der Waals surface area contributed by atoms with Crippen molar-refractivity contribution < 1.29 is 4.74 Å². The molecule has 1 aromatic carbocycles. The summed E-state index contributed by atoms with van der Waals surface area (Å²) < 4.78 is 5.08. The zero-order valence-corrected chi connectivity index (χ0v) is 10.0. The molecule has 0 spiro atoms. The molecular formula is C12H16ClNO. The van der Waals surface area contributed by atoms with E-state index in [9.17, 15) is 0 Å². The first-order chi connectivity index (χ1) is 7.17. The minimum atomic E-state index is 0.353. The molecule has 1 rings (SSSR count). The number of rotatable bonds is 4. The van der Waals surface area contributed by atoms with Crippen molar-refractivity contribution >= 4 is 17.7 Å². The van der Waals surface area contributed by atoms with Gasteiger partial charge in [-0.25, -0.2) is 0 Å². The van der Waals surface area contributed by atoms with Crippen molar-refractivity contribution in [1.82, 2.24) is 5.32 Å². The van der Waals surface area contributed by atoms with Gasteiger partial charge in [0.05, 0.1) is 12.1 Å². The van der Waals surface area contributed by atoms with Crippen molar-refractivity contribution in [3.63, 3.8) is 0 Å². The van der Waals surface area contributed by atoms with Crippen molar-refractivity contribution in [1.29, 1.82) is 0 Å². The topological polar surface area (TPSA) is 21.3 Å². The molecule has 0 aromatic heterocycles. The lowest BCUT2D eigenvalue weighted by Crippen LogP contribution is -2.17. The Morgan fingerprint density at radius 1 is 1.47 bits per heavy atom. The van der Waals surface area contributed by atoms with Crippen LogP contribution in [0.25, 0.3) is 6.08 Å². The highest BCUT2D eigenvalue weighted by Gasteiger charge is 1.99. The van der Waals surface area contributed by atoms with Gasteiger partial charge in [0.2, 0.25) is 0 Å². The standard InChI is InChI=1S/C12H16ClNO/c1-9(14-2)4-5-10-6-7-12(15-3)11(13)8-10/h4-9,14H,1-3H3/b5-4+. The molecule has 0 radical (unpaired) electrons. The molecule has 0 saturated heterocycles. The summed E-state index contributed by atoms with van der Waals surface area (Å²) in [5.74, 6) is 0.704. The van der Waals surface area contributed by atoms with Crippen LogP contribution in [0.2, 0.25) is 5.02 Å². The number of nitrogens with one attached hydrogen (secondary N) is 1. The van der Waals surface area contributed by atoms with Crippen LogP contribution in [-0.4, -0.2) is 20.2 Å². The maximum Gasteiger partial charge on any atom is 0.137 e. The minimum Gasteiger partial charge on any atom is -0.495 e. The highest BCUT2D eigenvalue weighted by Crippen LogP contribution is 2.25. The van der Waals surface area contributed by atoms with Crippen LogP contribution in [0.1, 0.15) is 12.5 Å². The Kier molecular flexibility index (Phi) is 4.66. The van der Waals surface area contributed by atoms with Crippen LogP contribution in [-0.2, 0) is 0 Å². The maximum absolute atomic E-state index is 6.00. The average molecular weight is 226 g/mol. The van der Waals surface area contributed by atoms with Gasteiger partial charge in [-0.2, -0.15) is 0 Å². The molecule has 1 unspecified atom stereocenters. The fourth-order valence-corrected chi connectivity index (χ4v) is 1.40. The van der Waals surface area contributed by atoms with Gasteiger partial charge in [0.1, 0.15) is 5.75 Å². The number of likely N-dealkylation sites (N-methyl/N-ethyl adjacent to an activating group) is 1. The lowest BCUT2D eigenvalue weighted by atomic mass is 10.2. The van der Waals surface area contributed by atoms with E-state index in [1.165, 1.54) is 0 Å². The third-order valence-corrected chi connectivity index (χ3v) is 2.50. The van der Waals surface area contributed by atoms with E-state index in [4.69, 9.17) is 16.3 Å². The van der Waals surface area contributed by atoms with Gasteiger partial charge < -0.3 is 10.1 Å². The molecule has 1 N–H and O–H groups in total. The van der Waals surface area contributed by atoms with Gasteiger partial charge >= 0.3 is 0 Å². The Morgan fingerprint density at radius 2 is 2.20 bits per heavy atom. The summed E-state index contributed by atoms with van der Waals surface area (Å²) in [4.78, 5) is 0. The second-order valence-corrected chi connectivity index (χ2v) is 3.74. The third kappa shape index (κ3) is 3.57. The molecule has 0 aliphatic carbocycles. The molecule has 0 bridgehead atoms. The fraction of sp³-hybridized carbons (Fsp3) is 0.333. The van der Waals surface area contributed by atoms with Crippen molar-refractivity contribution in [2.45, 2.75) is 13.0 Å². The Balaban J connectivity index is 2.79. The van der Waals surface area contributed by atoms with E-state index in [2.05, 4.69) is 18.3 Å². The summed E-state index contributed by atoms with van der Waals surface area (Å²) >= 11 is 6.00. The van der Waals surface area contributed by atoms with E-state index in [1.807, 2.05) is 31.3 Å². The zero-order valence-electron chi connectivity index (χ0n) is 9.25. The molecule has 0 heterocycles. The van der Waals surface area contributed by atoms with Gasteiger partial charge in [-0.3, -0.25) is 0 Å². The first-order valence-electron chi connectivity index (χ1n) is 4.86. The highest BCUT2D eigenvalue weighted by molar-refractivity contribution is 6.32. The molecule has 1 atom stereocenters. The number of methoxy groups -OCH3 is 1. The van der Waals surface area contributed by atoms with Gasteiger partial charge in [-0.1, -0.05) is 29.8 Å². The van der Waals surface area contributed by atoms with E-state index in [0.717, 1.165) is 5.56 Å². The zero-order chi connectivity index (χ0) is 11.3. The first-order valence-corrected chi connectivity index (χ1v) is 5.24. The second kappa shape index (κ2) is 5.79. The van der Waals surface area contributed by atoms with E-state index in [-0.39, 0.29) is 0 Å². The predicted molar refractivity (Wildman–Crippen MR) is 65.6 cm³/mol. The van der Waals surface area contributed by atoms with Crippen LogP contribution in [0.15, 0.2) is 24.3 Å². The first kappa shape index (κ1) is 12.1. The van der Waals surface area contributed by atoms with E-state index < -0.39 is 0 Å². The molecule has 0 saturated carbocycles. The molecular weight excluding hydrogens is 210 g/mol. The summed E-state index contributed by atoms with van der Waals surface area (Å²) in [6, 6.07) is 6.08. The number of benzene rings is 1. The van der Waals surface area contributed by atoms with E-state index in [1.54, 1.807) is 7.11 Å². The molecule has 0 aliphatic rings. The summed E-state index contributed by atoms with van der Waals surface area (Å²) in [5, 5.41) is 3.76. The summed E-state index contributed by atoms with van der Waals surface area (Å²) in [6.07, 6.45) is 4.12. The Bertz CT molecular complexity index is 349. The second-order valence-electron chi connectivity index (χ2n) is 3.33. The van der Waals surface area contributed by atoms with Crippen molar-refractivity contribution in [2.24, 2.45) is 0 Å².